The number of nitrogens with zero attached hydrogens (tertiary/aromatic N) is 1. The highest BCUT2D eigenvalue weighted by Gasteiger charge is 2.41. The topological polar surface area (TPSA) is 123 Å². The fraction of sp³-hybridized carbons (Fsp3) is 0.467. The lowest BCUT2D eigenvalue weighted by atomic mass is 9.86. The third-order valence-corrected chi connectivity index (χ3v) is 4.52. The molecule has 2 unspecified atom stereocenters. The zero-order chi connectivity index (χ0) is 16.9. The van der Waals surface area contributed by atoms with E-state index in [1.165, 1.54) is 0 Å². The van der Waals surface area contributed by atoms with E-state index in [0.717, 1.165) is 4.57 Å². The molecule has 1 aromatic heterocycles. The second-order valence-electron chi connectivity index (χ2n) is 5.66. The molecule has 0 saturated carbocycles. The predicted octanol–water partition coefficient (Wildman–Crippen LogP) is 0.669. The summed E-state index contributed by atoms with van der Waals surface area (Å²) in [5.41, 5.74) is -0.242. The summed E-state index contributed by atoms with van der Waals surface area (Å²) in [6.07, 6.45) is 0.628. The van der Waals surface area contributed by atoms with Crippen LogP contribution in [-0.4, -0.2) is 32.7 Å². The zero-order valence-electron chi connectivity index (χ0n) is 12.4. The normalized spacial score (nSPS) is 22.2. The number of carbonyl (C=O) groups is 3. The lowest BCUT2D eigenvalue weighted by Gasteiger charge is -2.27. The third kappa shape index (κ3) is 2.05. The van der Waals surface area contributed by atoms with Gasteiger partial charge in [-0.25, -0.2) is 9.59 Å². The van der Waals surface area contributed by atoms with E-state index in [1.54, 1.807) is 6.92 Å². The van der Waals surface area contributed by atoms with Gasteiger partial charge in [0, 0.05) is 5.69 Å². The highest BCUT2D eigenvalue weighted by atomic mass is 16.5. The minimum atomic E-state index is -1.26. The van der Waals surface area contributed by atoms with Crippen LogP contribution in [0.2, 0.25) is 0 Å². The first-order chi connectivity index (χ1) is 10.9. The number of pyridine rings is 1. The highest BCUT2D eigenvalue weighted by molar-refractivity contribution is 5.95. The van der Waals surface area contributed by atoms with E-state index in [0.29, 0.717) is 6.42 Å². The summed E-state index contributed by atoms with van der Waals surface area (Å²) in [6.45, 7) is 1.38. The van der Waals surface area contributed by atoms with Gasteiger partial charge in [-0.3, -0.25) is 14.2 Å². The van der Waals surface area contributed by atoms with Gasteiger partial charge < -0.3 is 14.9 Å². The fourth-order valence-corrected chi connectivity index (χ4v) is 3.52. The monoisotopic (exact) mass is 321 g/mol. The molecule has 0 aliphatic carbocycles. The molecule has 2 aliphatic heterocycles. The van der Waals surface area contributed by atoms with Crippen LogP contribution in [0.3, 0.4) is 0 Å². The molecule has 3 rings (SSSR count). The molecule has 0 bridgehead atoms. The van der Waals surface area contributed by atoms with Crippen LogP contribution in [0, 0.1) is 0 Å². The van der Waals surface area contributed by atoms with Crippen LogP contribution in [0.4, 0.5) is 0 Å². The molecule has 0 spiro atoms. The summed E-state index contributed by atoms with van der Waals surface area (Å²) in [7, 11) is 0. The molecule has 8 heteroatoms. The van der Waals surface area contributed by atoms with E-state index >= 15 is 0 Å². The molecule has 2 N–H and O–H groups in total. The zero-order valence-corrected chi connectivity index (χ0v) is 12.4. The van der Waals surface area contributed by atoms with Crippen molar-refractivity contribution in [2.45, 2.75) is 44.8 Å². The van der Waals surface area contributed by atoms with Crippen LogP contribution in [-0.2, 0) is 27.4 Å². The number of aliphatic carboxylic acids is 1. The van der Waals surface area contributed by atoms with Crippen molar-refractivity contribution in [3.05, 3.63) is 32.7 Å². The number of fused-ring (bicyclic) bond motifs is 2. The van der Waals surface area contributed by atoms with Crippen LogP contribution in [0.1, 0.15) is 58.9 Å². The van der Waals surface area contributed by atoms with Crippen LogP contribution >= 0.6 is 0 Å². The number of esters is 1. The van der Waals surface area contributed by atoms with Gasteiger partial charge in [0.1, 0.15) is 12.6 Å². The van der Waals surface area contributed by atoms with E-state index in [2.05, 4.69) is 0 Å². The maximum absolute atomic E-state index is 12.7. The first-order valence-electron chi connectivity index (χ1n) is 7.31. The summed E-state index contributed by atoms with van der Waals surface area (Å²) in [4.78, 5) is 47.7. The average molecular weight is 321 g/mol. The van der Waals surface area contributed by atoms with E-state index in [-0.39, 0.29) is 41.8 Å². The van der Waals surface area contributed by atoms with Gasteiger partial charge in [-0.15, -0.1) is 0 Å². The molecule has 0 saturated heterocycles. The molecule has 2 aliphatic rings. The number of carboxylic acids is 2. The van der Waals surface area contributed by atoms with Crippen LogP contribution < -0.4 is 5.56 Å². The van der Waals surface area contributed by atoms with Gasteiger partial charge in [-0.2, -0.15) is 0 Å². The lowest BCUT2D eigenvalue weighted by Crippen LogP contribution is -2.37. The number of hydrogen-bond acceptors (Lipinski definition) is 5. The molecule has 0 fully saturated rings. The van der Waals surface area contributed by atoms with Gasteiger partial charge in [0.15, 0.2) is 0 Å². The Morgan fingerprint density at radius 2 is 2.00 bits per heavy atom. The number of hydrogen-bond donors (Lipinski definition) is 2. The minimum absolute atomic E-state index is 0.0748. The summed E-state index contributed by atoms with van der Waals surface area (Å²) in [6, 6.07) is -1.08. The lowest BCUT2D eigenvalue weighted by molar-refractivity contribution is -0.148. The maximum atomic E-state index is 12.7. The first-order valence-corrected chi connectivity index (χ1v) is 7.31. The number of aromatic nitrogens is 1. The number of carboxylic acid groups (broad SMARTS) is 2. The van der Waals surface area contributed by atoms with E-state index < -0.39 is 35.4 Å². The van der Waals surface area contributed by atoms with E-state index in [9.17, 15) is 29.4 Å². The second kappa shape index (κ2) is 5.22. The SMILES string of the molecule is CCC1C(=O)OCc2c1c(C(=O)O)c1n(c2=O)C(C(=O)O)CC1. The summed E-state index contributed by atoms with van der Waals surface area (Å²) in [5, 5.41) is 18.9. The molecular formula is C15H15NO7. The summed E-state index contributed by atoms with van der Waals surface area (Å²) in [5.74, 6) is -3.81. The Kier molecular flexibility index (Phi) is 3.46. The predicted molar refractivity (Wildman–Crippen MR) is 75.5 cm³/mol. The smallest absolute Gasteiger partial charge is 0.337 e. The first kappa shape index (κ1) is 15.3. The molecule has 0 amide bonds. The Morgan fingerprint density at radius 1 is 1.30 bits per heavy atom. The Bertz CT molecular complexity index is 792. The Labute approximate surface area is 130 Å². The molecule has 3 heterocycles. The van der Waals surface area contributed by atoms with Crippen molar-refractivity contribution < 1.29 is 29.3 Å². The summed E-state index contributed by atoms with van der Waals surface area (Å²) < 4.78 is 6.02. The maximum Gasteiger partial charge on any atom is 0.337 e. The minimum Gasteiger partial charge on any atom is -0.480 e. The van der Waals surface area contributed by atoms with Gasteiger partial charge in [-0.1, -0.05) is 6.92 Å². The second-order valence-corrected chi connectivity index (χ2v) is 5.66. The molecule has 122 valence electrons. The molecule has 0 aromatic carbocycles. The quantitative estimate of drug-likeness (QED) is 0.784. The van der Waals surface area contributed by atoms with Gasteiger partial charge in [0.25, 0.3) is 5.56 Å². The molecule has 8 nitrogen and oxygen atoms in total. The van der Waals surface area contributed by atoms with Gasteiger partial charge in [0.05, 0.1) is 17.0 Å². The number of aromatic carboxylic acids is 1. The Morgan fingerprint density at radius 3 is 2.57 bits per heavy atom. The Balaban J connectivity index is 2.39. The van der Waals surface area contributed by atoms with E-state index in [1.807, 2.05) is 0 Å². The molecule has 23 heavy (non-hydrogen) atoms. The molecule has 1 aromatic rings. The standard InChI is InChI=1S/C15H15NO7/c1-2-6-10-7(5-23-15(6)22)12(17)16-8(11(10)14(20)21)3-4-9(16)13(18)19/h6,9H,2-5H2,1H3,(H,18,19)(H,20,21). The van der Waals surface area contributed by atoms with Crippen molar-refractivity contribution >= 4 is 17.9 Å². The van der Waals surface area contributed by atoms with E-state index in [4.69, 9.17) is 4.74 Å². The van der Waals surface area contributed by atoms with Gasteiger partial charge >= 0.3 is 17.9 Å². The number of ether oxygens (including phenoxy) is 1. The van der Waals surface area contributed by atoms with Crippen molar-refractivity contribution in [2.75, 3.05) is 0 Å². The average Bonchev–Trinajstić information content (AvgIpc) is 2.92. The van der Waals surface area contributed by atoms with Crippen molar-refractivity contribution in [1.29, 1.82) is 0 Å². The molecule has 0 radical (unpaired) electrons. The molecular weight excluding hydrogens is 306 g/mol. The largest absolute Gasteiger partial charge is 0.480 e. The summed E-state index contributed by atoms with van der Waals surface area (Å²) >= 11 is 0. The van der Waals surface area contributed by atoms with Gasteiger partial charge in [-0.05, 0) is 24.8 Å². The molecule has 2 atom stereocenters. The fourth-order valence-electron chi connectivity index (χ4n) is 3.52. The van der Waals surface area contributed by atoms with Crippen LogP contribution in [0.15, 0.2) is 4.79 Å². The number of cyclic esters (lactones) is 1. The third-order valence-electron chi connectivity index (χ3n) is 4.52. The number of rotatable bonds is 3. The van der Waals surface area contributed by atoms with Crippen LogP contribution in [0.5, 0.6) is 0 Å². The van der Waals surface area contributed by atoms with Gasteiger partial charge in [0.2, 0.25) is 0 Å². The van der Waals surface area contributed by atoms with Crippen molar-refractivity contribution in [3.63, 3.8) is 0 Å². The number of carbonyl (C=O) groups excluding carboxylic acids is 1. The van der Waals surface area contributed by atoms with Crippen LogP contribution in [0.25, 0.3) is 0 Å². The highest BCUT2D eigenvalue weighted by Crippen LogP contribution is 2.37. The van der Waals surface area contributed by atoms with Crippen molar-refractivity contribution in [3.8, 4) is 0 Å². The Hall–Kier alpha value is -2.64. The van der Waals surface area contributed by atoms with Crippen molar-refractivity contribution in [2.24, 2.45) is 0 Å². The van der Waals surface area contributed by atoms with Crippen molar-refractivity contribution in [1.82, 2.24) is 4.57 Å².